The molecule has 1 aromatic heterocycles. The summed E-state index contributed by atoms with van der Waals surface area (Å²) in [6.45, 7) is 1.84. The molecule has 1 aromatic rings. The van der Waals surface area contributed by atoms with E-state index in [1.807, 2.05) is 0 Å². The van der Waals surface area contributed by atoms with Crippen molar-refractivity contribution >= 4 is 11.6 Å². The van der Waals surface area contributed by atoms with E-state index in [0.717, 1.165) is 18.8 Å². The van der Waals surface area contributed by atoms with Gasteiger partial charge in [-0.25, -0.2) is 15.8 Å². The Bertz CT molecular complexity index is 368. The highest BCUT2D eigenvalue weighted by Gasteiger charge is 2.16. The number of nitrogens with two attached hydrogens (primary N) is 1. The summed E-state index contributed by atoms with van der Waals surface area (Å²) in [6, 6.07) is 2.06. The SMILES string of the molecule is COCc1nc(NN)cc(NC2CCOC2)n1. The van der Waals surface area contributed by atoms with E-state index in [1.165, 1.54) is 0 Å². The molecule has 0 amide bonds. The molecule has 1 saturated heterocycles. The number of nitrogen functional groups attached to an aromatic ring is 1. The first-order valence-corrected chi connectivity index (χ1v) is 5.49. The summed E-state index contributed by atoms with van der Waals surface area (Å²) in [5, 5.41) is 3.29. The molecule has 1 aliphatic heterocycles. The van der Waals surface area contributed by atoms with Crippen molar-refractivity contribution < 1.29 is 9.47 Å². The second kappa shape index (κ2) is 5.76. The second-order valence-electron chi connectivity index (χ2n) is 3.84. The van der Waals surface area contributed by atoms with Crippen LogP contribution in [0.15, 0.2) is 6.07 Å². The number of anilines is 2. The molecule has 1 fully saturated rings. The zero-order valence-corrected chi connectivity index (χ0v) is 9.77. The van der Waals surface area contributed by atoms with E-state index >= 15 is 0 Å². The Morgan fingerprint density at radius 3 is 3.00 bits per heavy atom. The van der Waals surface area contributed by atoms with Gasteiger partial charge in [0.25, 0.3) is 0 Å². The van der Waals surface area contributed by atoms with Crippen LogP contribution in [0, 0.1) is 0 Å². The van der Waals surface area contributed by atoms with Gasteiger partial charge in [-0.3, -0.25) is 0 Å². The minimum absolute atomic E-state index is 0.297. The van der Waals surface area contributed by atoms with Crippen LogP contribution in [0.5, 0.6) is 0 Å². The molecule has 7 nitrogen and oxygen atoms in total. The number of nitrogens with one attached hydrogen (secondary N) is 2. The zero-order chi connectivity index (χ0) is 12.1. The van der Waals surface area contributed by atoms with E-state index in [0.29, 0.717) is 30.9 Å². The number of hydrogen-bond acceptors (Lipinski definition) is 7. The highest BCUT2D eigenvalue weighted by atomic mass is 16.5. The third-order valence-corrected chi connectivity index (χ3v) is 2.48. The molecular formula is C10H17N5O2. The monoisotopic (exact) mass is 239 g/mol. The van der Waals surface area contributed by atoms with Crippen molar-refractivity contribution in [2.24, 2.45) is 5.84 Å². The molecule has 17 heavy (non-hydrogen) atoms. The third kappa shape index (κ3) is 3.26. The predicted molar refractivity (Wildman–Crippen MR) is 63.4 cm³/mol. The Morgan fingerprint density at radius 2 is 2.35 bits per heavy atom. The Labute approximate surface area is 99.7 Å². The maximum absolute atomic E-state index is 5.36. The molecule has 7 heteroatoms. The fourth-order valence-electron chi connectivity index (χ4n) is 1.70. The molecule has 94 valence electrons. The third-order valence-electron chi connectivity index (χ3n) is 2.48. The number of ether oxygens (including phenoxy) is 2. The van der Waals surface area contributed by atoms with E-state index in [-0.39, 0.29) is 0 Å². The summed E-state index contributed by atoms with van der Waals surface area (Å²) >= 11 is 0. The van der Waals surface area contributed by atoms with Gasteiger partial charge < -0.3 is 20.2 Å². The van der Waals surface area contributed by atoms with Crippen molar-refractivity contribution in [1.29, 1.82) is 0 Å². The van der Waals surface area contributed by atoms with Gasteiger partial charge in [0, 0.05) is 19.8 Å². The van der Waals surface area contributed by atoms with Crippen LogP contribution < -0.4 is 16.6 Å². The van der Waals surface area contributed by atoms with Gasteiger partial charge in [-0.15, -0.1) is 0 Å². The summed E-state index contributed by atoms with van der Waals surface area (Å²) in [5.41, 5.74) is 2.51. The summed E-state index contributed by atoms with van der Waals surface area (Å²) < 4.78 is 10.3. The number of hydrazine groups is 1. The molecule has 2 heterocycles. The molecular weight excluding hydrogens is 222 g/mol. The zero-order valence-electron chi connectivity index (χ0n) is 9.77. The van der Waals surface area contributed by atoms with Gasteiger partial charge in [-0.05, 0) is 6.42 Å². The Kier molecular flexibility index (Phi) is 4.08. The quantitative estimate of drug-likeness (QED) is 0.496. The van der Waals surface area contributed by atoms with Gasteiger partial charge >= 0.3 is 0 Å². The fourth-order valence-corrected chi connectivity index (χ4v) is 1.70. The smallest absolute Gasteiger partial charge is 0.158 e. The van der Waals surface area contributed by atoms with Gasteiger partial charge in [0.15, 0.2) is 5.82 Å². The largest absolute Gasteiger partial charge is 0.379 e. The molecule has 0 bridgehead atoms. The number of rotatable bonds is 5. The molecule has 4 N–H and O–H groups in total. The van der Waals surface area contributed by atoms with Crippen LogP contribution in [0.3, 0.4) is 0 Å². The first-order chi connectivity index (χ1) is 8.31. The van der Waals surface area contributed by atoms with Crippen LogP contribution in [0.2, 0.25) is 0 Å². The molecule has 2 rings (SSSR count). The molecule has 0 aliphatic carbocycles. The topological polar surface area (TPSA) is 94.3 Å². The molecule has 0 spiro atoms. The van der Waals surface area contributed by atoms with Gasteiger partial charge in [0.1, 0.15) is 18.2 Å². The number of methoxy groups -OCH3 is 1. The average molecular weight is 239 g/mol. The summed E-state index contributed by atoms with van der Waals surface area (Å²) in [5.74, 6) is 7.24. The van der Waals surface area contributed by atoms with E-state index in [9.17, 15) is 0 Å². The van der Waals surface area contributed by atoms with Crippen molar-refractivity contribution in [2.75, 3.05) is 31.1 Å². The van der Waals surface area contributed by atoms with E-state index in [4.69, 9.17) is 15.3 Å². The fraction of sp³-hybridized carbons (Fsp3) is 0.600. The predicted octanol–water partition coefficient (Wildman–Crippen LogP) is 0.109. The van der Waals surface area contributed by atoms with Crippen molar-refractivity contribution in [3.63, 3.8) is 0 Å². The van der Waals surface area contributed by atoms with Crippen molar-refractivity contribution in [2.45, 2.75) is 19.1 Å². The van der Waals surface area contributed by atoms with E-state index in [1.54, 1.807) is 13.2 Å². The van der Waals surface area contributed by atoms with Crippen LogP contribution in [-0.4, -0.2) is 36.3 Å². The standard InChI is InChI=1S/C10H17N5O2/c1-16-6-10-13-8(4-9(14-10)15-11)12-7-2-3-17-5-7/h4,7H,2-3,5-6,11H2,1H3,(H2,12,13,14,15). The lowest BCUT2D eigenvalue weighted by Crippen LogP contribution is -2.21. The minimum atomic E-state index is 0.297. The van der Waals surface area contributed by atoms with Crippen LogP contribution in [-0.2, 0) is 16.1 Å². The highest BCUT2D eigenvalue weighted by molar-refractivity contribution is 5.47. The Balaban J connectivity index is 2.10. The van der Waals surface area contributed by atoms with Crippen molar-refractivity contribution in [3.05, 3.63) is 11.9 Å². The lowest BCUT2D eigenvalue weighted by Gasteiger charge is -2.13. The summed E-state index contributed by atoms with van der Waals surface area (Å²) in [4.78, 5) is 8.51. The minimum Gasteiger partial charge on any atom is -0.379 e. The first kappa shape index (κ1) is 12.0. The van der Waals surface area contributed by atoms with Crippen molar-refractivity contribution in [1.82, 2.24) is 9.97 Å². The Morgan fingerprint density at radius 1 is 1.53 bits per heavy atom. The van der Waals surface area contributed by atoms with E-state index < -0.39 is 0 Å². The number of aromatic nitrogens is 2. The molecule has 1 unspecified atom stereocenters. The molecule has 0 radical (unpaired) electrons. The van der Waals surface area contributed by atoms with Gasteiger partial charge in [0.2, 0.25) is 0 Å². The molecule has 1 aliphatic rings. The number of hydrogen-bond donors (Lipinski definition) is 3. The van der Waals surface area contributed by atoms with Gasteiger partial charge in [-0.2, -0.15) is 0 Å². The van der Waals surface area contributed by atoms with E-state index in [2.05, 4.69) is 20.7 Å². The average Bonchev–Trinajstić information content (AvgIpc) is 2.82. The summed E-state index contributed by atoms with van der Waals surface area (Å²) in [6.07, 6.45) is 0.981. The molecule has 1 atom stereocenters. The molecule has 0 aromatic carbocycles. The Hall–Kier alpha value is -1.44. The number of nitrogens with zero attached hydrogens (tertiary/aromatic N) is 2. The maximum atomic E-state index is 5.36. The maximum Gasteiger partial charge on any atom is 0.158 e. The lowest BCUT2D eigenvalue weighted by atomic mass is 10.2. The van der Waals surface area contributed by atoms with Crippen molar-refractivity contribution in [3.8, 4) is 0 Å². The van der Waals surface area contributed by atoms with Crippen LogP contribution in [0.4, 0.5) is 11.6 Å². The van der Waals surface area contributed by atoms with Crippen LogP contribution >= 0.6 is 0 Å². The molecule has 0 saturated carbocycles. The van der Waals surface area contributed by atoms with Crippen LogP contribution in [0.25, 0.3) is 0 Å². The lowest BCUT2D eigenvalue weighted by molar-refractivity contribution is 0.178. The highest BCUT2D eigenvalue weighted by Crippen LogP contribution is 2.15. The van der Waals surface area contributed by atoms with Gasteiger partial charge in [-0.1, -0.05) is 0 Å². The first-order valence-electron chi connectivity index (χ1n) is 5.49. The normalized spacial score (nSPS) is 19.3. The summed E-state index contributed by atoms with van der Waals surface area (Å²) in [7, 11) is 1.60. The van der Waals surface area contributed by atoms with Gasteiger partial charge in [0.05, 0.1) is 12.6 Å². The second-order valence-corrected chi connectivity index (χ2v) is 3.84. The van der Waals surface area contributed by atoms with Crippen LogP contribution in [0.1, 0.15) is 12.2 Å².